The van der Waals surface area contributed by atoms with E-state index >= 15 is 0 Å². The van der Waals surface area contributed by atoms with Gasteiger partial charge in [-0.05, 0) is 17.7 Å². The van der Waals surface area contributed by atoms with Gasteiger partial charge in [-0.1, -0.05) is 39.7 Å². The molecule has 6 heteroatoms. The molecule has 0 saturated heterocycles. The van der Waals surface area contributed by atoms with Gasteiger partial charge >= 0.3 is 0 Å². The number of amides is 1. The summed E-state index contributed by atoms with van der Waals surface area (Å²) in [5.74, 6) is 0.240. The van der Waals surface area contributed by atoms with E-state index < -0.39 is 0 Å². The number of hydrogen-bond donors (Lipinski definition) is 1. The van der Waals surface area contributed by atoms with Crippen molar-refractivity contribution in [1.29, 1.82) is 0 Å². The molecule has 92 valence electrons. The monoisotopic (exact) mass is 325 g/mol. The van der Waals surface area contributed by atoms with Gasteiger partial charge in [-0.25, -0.2) is 9.97 Å². The molecule has 0 bridgehead atoms. The van der Waals surface area contributed by atoms with E-state index in [1.807, 2.05) is 24.3 Å². The van der Waals surface area contributed by atoms with Gasteiger partial charge in [-0.15, -0.1) is 0 Å². The van der Waals surface area contributed by atoms with Gasteiger partial charge in [0.1, 0.15) is 5.15 Å². The molecule has 0 spiro atoms. The van der Waals surface area contributed by atoms with Crippen LogP contribution in [0.3, 0.4) is 0 Å². The summed E-state index contributed by atoms with van der Waals surface area (Å²) in [5.41, 5.74) is 0.920. The molecule has 4 nitrogen and oxygen atoms in total. The maximum absolute atomic E-state index is 11.8. The third-order valence-corrected chi connectivity index (χ3v) is 2.83. The summed E-state index contributed by atoms with van der Waals surface area (Å²) < 4.78 is 0.944. The smallest absolute Gasteiger partial charge is 0.229 e. The second-order valence-corrected chi connectivity index (χ2v) is 4.88. The fraction of sp³-hybridized carbons (Fsp3) is 0.0833. The summed E-state index contributed by atoms with van der Waals surface area (Å²) >= 11 is 8.96. The van der Waals surface area contributed by atoms with Gasteiger partial charge in [-0.3, -0.25) is 4.79 Å². The number of benzene rings is 1. The molecule has 2 rings (SSSR count). The lowest BCUT2D eigenvalue weighted by Crippen LogP contribution is -2.15. The Morgan fingerprint density at radius 1 is 1.33 bits per heavy atom. The lowest BCUT2D eigenvalue weighted by molar-refractivity contribution is -0.115. The molecule has 0 atom stereocenters. The Morgan fingerprint density at radius 3 is 2.83 bits per heavy atom. The van der Waals surface area contributed by atoms with Crippen LogP contribution >= 0.6 is 27.5 Å². The number of hydrogen-bond acceptors (Lipinski definition) is 3. The first-order valence-electron chi connectivity index (χ1n) is 5.15. The average molecular weight is 327 g/mol. The standard InChI is InChI=1S/C12H9BrClN3O/c13-9-3-1-2-8(4-9)5-12(18)17-11-7-15-10(14)6-16-11/h1-4,6-7H,5H2,(H,16,17,18). The minimum absolute atomic E-state index is 0.148. The van der Waals surface area contributed by atoms with Gasteiger partial charge in [0.05, 0.1) is 18.8 Å². The van der Waals surface area contributed by atoms with Crippen LogP contribution in [0.25, 0.3) is 0 Å². The number of anilines is 1. The lowest BCUT2D eigenvalue weighted by Gasteiger charge is -2.04. The van der Waals surface area contributed by atoms with Crippen molar-refractivity contribution < 1.29 is 4.79 Å². The molecule has 0 aliphatic heterocycles. The van der Waals surface area contributed by atoms with E-state index in [4.69, 9.17) is 11.6 Å². The Morgan fingerprint density at radius 2 is 2.17 bits per heavy atom. The van der Waals surface area contributed by atoms with Crippen LogP contribution in [0.1, 0.15) is 5.56 Å². The van der Waals surface area contributed by atoms with Gasteiger partial charge in [0, 0.05) is 4.47 Å². The molecule has 0 saturated carbocycles. The van der Waals surface area contributed by atoms with Crippen LogP contribution < -0.4 is 5.32 Å². The van der Waals surface area contributed by atoms with Crippen LogP contribution in [-0.2, 0) is 11.2 Å². The minimum Gasteiger partial charge on any atom is -0.309 e. The van der Waals surface area contributed by atoms with Gasteiger partial charge in [0.15, 0.2) is 5.82 Å². The van der Waals surface area contributed by atoms with Crippen molar-refractivity contribution in [2.45, 2.75) is 6.42 Å². The first kappa shape index (κ1) is 13.0. The number of halogens is 2. The molecule has 1 N–H and O–H groups in total. The topological polar surface area (TPSA) is 54.9 Å². The molecule has 2 aromatic rings. The Hall–Kier alpha value is -1.46. The van der Waals surface area contributed by atoms with Crippen molar-refractivity contribution in [1.82, 2.24) is 9.97 Å². The molecule has 1 aromatic carbocycles. The van der Waals surface area contributed by atoms with Crippen LogP contribution in [-0.4, -0.2) is 15.9 Å². The zero-order chi connectivity index (χ0) is 13.0. The van der Waals surface area contributed by atoms with Crippen molar-refractivity contribution in [2.75, 3.05) is 5.32 Å². The van der Waals surface area contributed by atoms with E-state index in [1.165, 1.54) is 12.4 Å². The highest BCUT2D eigenvalue weighted by atomic mass is 79.9. The fourth-order valence-electron chi connectivity index (χ4n) is 1.40. The van der Waals surface area contributed by atoms with Gasteiger partial charge in [-0.2, -0.15) is 0 Å². The third-order valence-electron chi connectivity index (χ3n) is 2.14. The van der Waals surface area contributed by atoms with Crippen LogP contribution in [0.15, 0.2) is 41.1 Å². The van der Waals surface area contributed by atoms with Crippen LogP contribution in [0.5, 0.6) is 0 Å². The highest BCUT2D eigenvalue weighted by Gasteiger charge is 2.05. The fourth-order valence-corrected chi connectivity index (χ4v) is 1.94. The van der Waals surface area contributed by atoms with E-state index in [0.29, 0.717) is 11.0 Å². The molecule has 18 heavy (non-hydrogen) atoms. The van der Waals surface area contributed by atoms with Crippen molar-refractivity contribution in [3.05, 3.63) is 51.8 Å². The van der Waals surface area contributed by atoms with E-state index in [0.717, 1.165) is 10.0 Å². The van der Waals surface area contributed by atoms with Crippen molar-refractivity contribution in [2.24, 2.45) is 0 Å². The molecule has 1 aromatic heterocycles. The van der Waals surface area contributed by atoms with Gasteiger partial charge in [0.25, 0.3) is 0 Å². The second-order valence-electron chi connectivity index (χ2n) is 3.58. The quantitative estimate of drug-likeness (QED) is 0.943. The number of nitrogens with zero attached hydrogens (tertiary/aromatic N) is 2. The number of rotatable bonds is 3. The van der Waals surface area contributed by atoms with Crippen LogP contribution in [0.4, 0.5) is 5.82 Å². The van der Waals surface area contributed by atoms with E-state index in [-0.39, 0.29) is 12.3 Å². The van der Waals surface area contributed by atoms with Crippen LogP contribution in [0, 0.1) is 0 Å². The Kier molecular flexibility index (Phi) is 4.28. The van der Waals surface area contributed by atoms with E-state index in [1.54, 1.807) is 0 Å². The maximum atomic E-state index is 11.8. The number of carbonyl (C=O) groups is 1. The SMILES string of the molecule is O=C(Cc1cccc(Br)c1)Nc1cnc(Cl)cn1. The molecule has 1 amide bonds. The highest BCUT2D eigenvalue weighted by Crippen LogP contribution is 2.12. The third kappa shape index (κ3) is 3.78. The largest absolute Gasteiger partial charge is 0.309 e. The average Bonchev–Trinajstić information content (AvgIpc) is 2.32. The molecule has 0 radical (unpaired) electrons. The summed E-state index contributed by atoms with van der Waals surface area (Å²) in [6.07, 6.45) is 3.08. The summed E-state index contributed by atoms with van der Waals surface area (Å²) in [6, 6.07) is 7.58. The molecular formula is C12H9BrClN3O. The van der Waals surface area contributed by atoms with E-state index in [2.05, 4.69) is 31.2 Å². The first-order valence-corrected chi connectivity index (χ1v) is 6.32. The van der Waals surface area contributed by atoms with Crippen LogP contribution in [0.2, 0.25) is 5.15 Å². The van der Waals surface area contributed by atoms with Gasteiger partial charge in [0.2, 0.25) is 5.91 Å². The van der Waals surface area contributed by atoms with Crippen molar-refractivity contribution in [3.63, 3.8) is 0 Å². The highest BCUT2D eigenvalue weighted by molar-refractivity contribution is 9.10. The molecular weight excluding hydrogens is 318 g/mol. The lowest BCUT2D eigenvalue weighted by atomic mass is 10.1. The predicted octanol–water partition coefficient (Wildman–Crippen LogP) is 3.07. The summed E-state index contributed by atoms with van der Waals surface area (Å²) in [7, 11) is 0. The molecule has 0 aliphatic carbocycles. The summed E-state index contributed by atoms with van der Waals surface area (Å²) in [4.78, 5) is 19.5. The molecule has 0 fully saturated rings. The first-order chi connectivity index (χ1) is 8.63. The maximum Gasteiger partial charge on any atom is 0.229 e. The Balaban J connectivity index is 1.98. The number of nitrogens with one attached hydrogen (secondary N) is 1. The number of carbonyl (C=O) groups excluding carboxylic acids is 1. The minimum atomic E-state index is -0.148. The zero-order valence-corrected chi connectivity index (χ0v) is 11.6. The molecule has 1 heterocycles. The Labute approximate surface area is 118 Å². The van der Waals surface area contributed by atoms with Crippen molar-refractivity contribution in [3.8, 4) is 0 Å². The predicted molar refractivity (Wildman–Crippen MR) is 73.5 cm³/mol. The molecule has 0 unspecified atom stereocenters. The summed E-state index contributed by atoms with van der Waals surface area (Å²) in [5, 5.41) is 2.94. The number of aromatic nitrogens is 2. The van der Waals surface area contributed by atoms with E-state index in [9.17, 15) is 4.79 Å². The zero-order valence-electron chi connectivity index (χ0n) is 9.23. The molecule has 0 aliphatic rings. The summed E-state index contributed by atoms with van der Waals surface area (Å²) in [6.45, 7) is 0. The van der Waals surface area contributed by atoms with Crippen molar-refractivity contribution >= 4 is 39.3 Å². The second kappa shape index (κ2) is 5.93. The Bertz CT molecular complexity index is 560. The van der Waals surface area contributed by atoms with Gasteiger partial charge < -0.3 is 5.32 Å². The normalized spacial score (nSPS) is 10.1.